The first kappa shape index (κ1) is 12.7. The Labute approximate surface area is 85.7 Å². The van der Waals surface area contributed by atoms with E-state index in [1.165, 1.54) is 0 Å². The van der Waals surface area contributed by atoms with Gasteiger partial charge in [0.05, 0.1) is 18.5 Å². The van der Waals surface area contributed by atoms with Crippen LogP contribution in [0.4, 0.5) is 13.2 Å². The third-order valence-corrected chi connectivity index (χ3v) is 3.55. The molecule has 1 aliphatic rings. The second-order valence-corrected chi connectivity index (χ2v) is 5.28. The van der Waals surface area contributed by atoms with E-state index in [1.54, 1.807) is 0 Å². The summed E-state index contributed by atoms with van der Waals surface area (Å²) in [5.74, 6) is -0.988. The number of nitrogens with one attached hydrogen (secondary N) is 1. The largest absolute Gasteiger partial charge is 0.497 e. The van der Waals surface area contributed by atoms with Gasteiger partial charge in [0.2, 0.25) is 9.84 Å². The Morgan fingerprint density at radius 1 is 1.33 bits per heavy atom. The summed E-state index contributed by atoms with van der Waals surface area (Å²) in [5, 5.41) is 2.90. The van der Waals surface area contributed by atoms with Crippen LogP contribution in [-0.4, -0.2) is 45.5 Å². The topological polar surface area (TPSA) is 55.4 Å². The van der Waals surface area contributed by atoms with Crippen molar-refractivity contribution >= 4 is 9.84 Å². The predicted octanol–water partition coefficient (Wildman–Crippen LogP) is 0.299. The van der Waals surface area contributed by atoms with Gasteiger partial charge in [-0.15, -0.1) is 0 Å². The Bertz CT molecular complexity index is 293. The maximum absolute atomic E-state index is 12.0. The molecule has 4 nitrogen and oxygen atoms in total. The normalized spacial score (nSPS) is 24.9. The highest BCUT2D eigenvalue weighted by molar-refractivity contribution is 7.92. The van der Waals surface area contributed by atoms with Crippen molar-refractivity contribution in [3.63, 3.8) is 0 Å². The summed E-state index contributed by atoms with van der Waals surface area (Å²) in [7, 11) is -5.07. The minimum atomic E-state index is -5.18. The Hall–Kier alpha value is -0.340. The standard InChI is InChI=1S/C7H12F3NO3S/c8-7(9,10)15(12,13)5-6-1-2-11-3-4-14-6/h6,11H,1-5H2. The summed E-state index contributed by atoms with van der Waals surface area (Å²) in [4.78, 5) is 0. The van der Waals surface area contributed by atoms with Crippen LogP contribution < -0.4 is 5.32 Å². The zero-order valence-corrected chi connectivity index (χ0v) is 8.70. The van der Waals surface area contributed by atoms with Gasteiger partial charge < -0.3 is 10.1 Å². The van der Waals surface area contributed by atoms with E-state index in [9.17, 15) is 21.6 Å². The number of rotatable bonds is 2. The molecule has 15 heavy (non-hydrogen) atoms. The number of ether oxygens (including phenoxy) is 1. The molecule has 1 saturated heterocycles. The van der Waals surface area contributed by atoms with Crippen molar-refractivity contribution in [1.82, 2.24) is 5.32 Å². The van der Waals surface area contributed by atoms with Crippen LogP contribution in [0, 0.1) is 0 Å². The first-order chi connectivity index (χ1) is 6.83. The molecule has 0 aliphatic carbocycles. The fraction of sp³-hybridized carbons (Fsp3) is 1.00. The predicted molar refractivity (Wildman–Crippen MR) is 47.1 cm³/mol. The number of hydrogen-bond acceptors (Lipinski definition) is 4. The molecule has 8 heteroatoms. The highest BCUT2D eigenvalue weighted by Gasteiger charge is 2.46. The number of halogens is 3. The summed E-state index contributed by atoms with van der Waals surface area (Å²) in [6, 6.07) is 0. The summed E-state index contributed by atoms with van der Waals surface area (Å²) in [6.45, 7) is 1.23. The SMILES string of the molecule is O=S(=O)(CC1CCNCCO1)C(F)(F)F. The second kappa shape index (κ2) is 4.67. The van der Waals surface area contributed by atoms with Gasteiger partial charge in [-0.05, 0) is 13.0 Å². The summed E-state index contributed by atoms with van der Waals surface area (Å²) in [6.07, 6.45) is -0.596. The van der Waals surface area contributed by atoms with Crippen molar-refractivity contribution in [1.29, 1.82) is 0 Å². The van der Waals surface area contributed by atoms with Crippen LogP contribution in [0.5, 0.6) is 0 Å². The molecule has 1 N–H and O–H groups in total. The zero-order valence-electron chi connectivity index (χ0n) is 7.88. The van der Waals surface area contributed by atoms with E-state index in [0.29, 0.717) is 13.1 Å². The molecule has 0 bridgehead atoms. The molecule has 1 aliphatic heterocycles. The summed E-state index contributed by atoms with van der Waals surface area (Å²) < 4.78 is 62.7. The van der Waals surface area contributed by atoms with Crippen LogP contribution in [0.15, 0.2) is 0 Å². The van der Waals surface area contributed by atoms with Gasteiger partial charge in [-0.3, -0.25) is 0 Å². The van der Waals surface area contributed by atoms with Crippen LogP contribution in [0.25, 0.3) is 0 Å². The fourth-order valence-electron chi connectivity index (χ4n) is 1.24. The van der Waals surface area contributed by atoms with E-state index in [-0.39, 0.29) is 13.0 Å². The van der Waals surface area contributed by atoms with Gasteiger partial charge in [0.15, 0.2) is 0 Å². The number of sulfone groups is 1. The molecule has 0 spiro atoms. The first-order valence-electron chi connectivity index (χ1n) is 4.44. The van der Waals surface area contributed by atoms with Gasteiger partial charge >= 0.3 is 5.51 Å². The van der Waals surface area contributed by atoms with E-state index in [1.807, 2.05) is 0 Å². The molecule has 0 saturated carbocycles. The molecular weight excluding hydrogens is 235 g/mol. The van der Waals surface area contributed by atoms with Crippen molar-refractivity contribution in [2.24, 2.45) is 0 Å². The van der Waals surface area contributed by atoms with Gasteiger partial charge in [-0.25, -0.2) is 8.42 Å². The van der Waals surface area contributed by atoms with Crippen molar-refractivity contribution in [3.8, 4) is 0 Å². The van der Waals surface area contributed by atoms with Gasteiger partial charge in [-0.2, -0.15) is 13.2 Å². The van der Waals surface area contributed by atoms with Crippen LogP contribution in [0.2, 0.25) is 0 Å². The molecule has 90 valence electrons. The average Bonchev–Trinajstić information content (AvgIpc) is 2.30. The lowest BCUT2D eigenvalue weighted by Crippen LogP contribution is -2.33. The monoisotopic (exact) mass is 247 g/mol. The molecule has 1 rings (SSSR count). The third kappa shape index (κ3) is 3.62. The molecule has 0 aromatic carbocycles. The summed E-state index contributed by atoms with van der Waals surface area (Å²) >= 11 is 0. The number of alkyl halides is 3. The Kier molecular flexibility index (Phi) is 3.96. The zero-order chi connectivity index (χ0) is 11.5. The average molecular weight is 247 g/mol. The quantitative estimate of drug-likeness (QED) is 0.762. The Balaban J connectivity index is 2.60. The minimum absolute atomic E-state index is 0.234. The molecule has 1 heterocycles. The fourth-order valence-corrected chi connectivity index (χ4v) is 2.18. The summed E-state index contributed by atoms with van der Waals surface area (Å²) in [5.41, 5.74) is -5.18. The van der Waals surface area contributed by atoms with Crippen LogP contribution >= 0.6 is 0 Å². The molecule has 1 unspecified atom stereocenters. The van der Waals surface area contributed by atoms with E-state index in [0.717, 1.165) is 0 Å². The molecule has 1 atom stereocenters. The van der Waals surface area contributed by atoms with E-state index in [2.05, 4.69) is 5.32 Å². The van der Waals surface area contributed by atoms with E-state index in [4.69, 9.17) is 4.74 Å². The Morgan fingerprint density at radius 2 is 2.00 bits per heavy atom. The molecule has 0 amide bonds. The van der Waals surface area contributed by atoms with Crippen molar-refractivity contribution < 1.29 is 26.3 Å². The third-order valence-electron chi connectivity index (χ3n) is 2.03. The van der Waals surface area contributed by atoms with Gasteiger partial charge in [0.1, 0.15) is 0 Å². The highest BCUT2D eigenvalue weighted by Crippen LogP contribution is 2.25. The van der Waals surface area contributed by atoms with E-state index < -0.39 is 27.2 Å². The maximum Gasteiger partial charge on any atom is 0.497 e. The van der Waals surface area contributed by atoms with Crippen LogP contribution in [0.1, 0.15) is 6.42 Å². The van der Waals surface area contributed by atoms with Crippen LogP contribution in [0.3, 0.4) is 0 Å². The lowest BCUT2D eigenvalue weighted by Gasteiger charge is -2.15. The maximum atomic E-state index is 12.0. The molecule has 1 fully saturated rings. The molecule has 0 aromatic heterocycles. The minimum Gasteiger partial charge on any atom is -0.376 e. The van der Waals surface area contributed by atoms with Gasteiger partial charge in [0, 0.05) is 6.54 Å². The van der Waals surface area contributed by atoms with Crippen molar-refractivity contribution in [3.05, 3.63) is 0 Å². The van der Waals surface area contributed by atoms with E-state index >= 15 is 0 Å². The lowest BCUT2D eigenvalue weighted by atomic mass is 10.3. The van der Waals surface area contributed by atoms with Crippen molar-refractivity contribution in [2.45, 2.75) is 18.0 Å². The van der Waals surface area contributed by atoms with Gasteiger partial charge in [-0.1, -0.05) is 0 Å². The second-order valence-electron chi connectivity index (χ2n) is 3.26. The highest BCUT2D eigenvalue weighted by atomic mass is 32.2. The first-order valence-corrected chi connectivity index (χ1v) is 6.09. The smallest absolute Gasteiger partial charge is 0.376 e. The molecule has 0 radical (unpaired) electrons. The lowest BCUT2D eigenvalue weighted by molar-refractivity contribution is -0.0450. The molecule has 0 aromatic rings. The van der Waals surface area contributed by atoms with Crippen LogP contribution in [-0.2, 0) is 14.6 Å². The number of hydrogen-bond donors (Lipinski definition) is 1. The van der Waals surface area contributed by atoms with Crippen molar-refractivity contribution in [2.75, 3.05) is 25.4 Å². The van der Waals surface area contributed by atoms with Gasteiger partial charge in [0.25, 0.3) is 0 Å². The Morgan fingerprint density at radius 3 is 2.60 bits per heavy atom. The molecular formula is C7H12F3NO3S.